The SMILES string of the molecule is C=CCN(C(=O)N(CC(N)=O)CC(=O)O)C(C)C. The molecule has 3 amide bonds. The first-order valence-electron chi connectivity index (χ1n) is 5.46. The molecule has 0 aliphatic heterocycles. The first-order chi connectivity index (χ1) is 8.29. The maximum absolute atomic E-state index is 12.1. The average molecular weight is 257 g/mol. The first-order valence-corrected chi connectivity index (χ1v) is 5.46. The summed E-state index contributed by atoms with van der Waals surface area (Å²) in [6, 6.07) is -0.689. The predicted octanol–water partition coefficient (Wildman–Crippen LogP) is -0.125. The van der Waals surface area contributed by atoms with Crippen molar-refractivity contribution in [3.63, 3.8) is 0 Å². The number of carbonyl (C=O) groups is 3. The Hall–Kier alpha value is -2.05. The van der Waals surface area contributed by atoms with Crippen LogP contribution in [0.2, 0.25) is 0 Å². The van der Waals surface area contributed by atoms with Crippen LogP contribution in [0.1, 0.15) is 13.8 Å². The van der Waals surface area contributed by atoms with Crippen molar-refractivity contribution in [3.8, 4) is 0 Å². The number of primary amides is 1. The molecular weight excluding hydrogens is 238 g/mol. The van der Waals surface area contributed by atoms with Gasteiger partial charge in [-0.15, -0.1) is 6.58 Å². The molecule has 0 rings (SSSR count). The monoisotopic (exact) mass is 257 g/mol. The third kappa shape index (κ3) is 5.33. The van der Waals surface area contributed by atoms with Crippen molar-refractivity contribution < 1.29 is 19.5 Å². The van der Waals surface area contributed by atoms with Gasteiger partial charge >= 0.3 is 12.0 Å². The number of carbonyl (C=O) groups excluding carboxylic acids is 2. The predicted molar refractivity (Wildman–Crippen MR) is 65.8 cm³/mol. The number of nitrogens with two attached hydrogens (primary N) is 1. The zero-order valence-electron chi connectivity index (χ0n) is 10.6. The number of nitrogens with zero attached hydrogens (tertiary/aromatic N) is 2. The van der Waals surface area contributed by atoms with Gasteiger partial charge in [-0.2, -0.15) is 0 Å². The maximum Gasteiger partial charge on any atom is 0.323 e. The van der Waals surface area contributed by atoms with E-state index in [2.05, 4.69) is 6.58 Å². The molecule has 0 atom stereocenters. The topological polar surface area (TPSA) is 104 Å². The number of carboxylic acids is 1. The fraction of sp³-hybridized carbons (Fsp3) is 0.545. The molecule has 0 heterocycles. The van der Waals surface area contributed by atoms with Crippen molar-refractivity contribution in [1.82, 2.24) is 9.80 Å². The maximum atomic E-state index is 12.1. The molecule has 0 aromatic rings. The largest absolute Gasteiger partial charge is 0.480 e. The number of hydrogen-bond donors (Lipinski definition) is 2. The van der Waals surface area contributed by atoms with Crippen LogP contribution in [-0.2, 0) is 9.59 Å². The van der Waals surface area contributed by atoms with Crippen LogP contribution >= 0.6 is 0 Å². The van der Waals surface area contributed by atoms with Crippen LogP contribution in [0.15, 0.2) is 12.7 Å². The molecule has 0 fully saturated rings. The number of hydrogen-bond acceptors (Lipinski definition) is 3. The van der Waals surface area contributed by atoms with Gasteiger partial charge in [-0.1, -0.05) is 6.08 Å². The third-order valence-electron chi connectivity index (χ3n) is 2.14. The summed E-state index contributed by atoms with van der Waals surface area (Å²) in [6.07, 6.45) is 1.53. The van der Waals surface area contributed by atoms with Crippen LogP contribution in [0, 0.1) is 0 Å². The summed E-state index contributed by atoms with van der Waals surface area (Å²) in [6.45, 7) is 6.37. The summed E-state index contributed by atoms with van der Waals surface area (Å²) in [5, 5.41) is 8.71. The lowest BCUT2D eigenvalue weighted by molar-refractivity contribution is -0.138. The van der Waals surface area contributed by atoms with Crippen molar-refractivity contribution in [2.75, 3.05) is 19.6 Å². The Morgan fingerprint density at radius 2 is 1.89 bits per heavy atom. The number of urea groups is 1. The lowest BCUT2D eigenvalue weighted by Gasteiger charge is -2.31. The highest BCUT2D eigenvalue weighted by Gasteiger charge is 2.25. The van der Waals surface area contributed by atoms with E-state index in [1.165, 1.54) is 11.0 Å². The summed E-state index contributed by atoms with van der Waals surface area (Å²) in [4.78, 5) is 35.9. The standard InChI is InChI=1S/C11H19N3O4/c1-4-5-14(8(2)3)11(18)13(6-9(12)15)7-10(16)17/h4,8H,1,5-7H2,2-3H3,(H2,12,15)(H,16,17). The molecule has 0 spiro atoms. The molecule has 0 bridgehead atoms. The second-order valence-corrected chi connectivity index (χ2v) is 4.03. The summed E-state index contributed by atoms with van der Waals surface area (Å²) in [7, 11) is 0. The van der Waals surface area contributed by atoms with Crippen molar-refractivity contribution in [1.29, 1.82) is 0 Å². The van der Waals surface area contributed by atoms with Crippen molar-refractivity contribution in [2.24, 2.45) is 5.73 Å². The zero-order valence-corrected chi connectivity index (χ0v) is 10.6. The van der Waals surface area contributed by atoms with Crippen LogP contribution in [-0.4, -0.2) is 58.5 Å². The molecule has 0 radical (unpaired) electrons. The van der Waals surface area contributed by atoms with Gasteiger partial charge in [0.15, 0.2) is 0 Å². The van der Waals surface area contributed by atoms with Gasteiger partial charge in [0, 0.05) is 12.6 Å². The van der Waals surface area contributed by atoms with E-state index >= 15 is 0 Å². The van der Waals surface area contributed by atoms with E-state index in [4.69, 9.17) is 10.8 Å². The molecule has 7 nitrogen and oxygen atoms in total. The Bertz CT molecular complexity index is 325. The molecule has 18 heavy (non-hydrogen) atoms. The van der Waals surface area contributed by atoms with Crippen LogP contribution in [0.25, 0.3) is 0 Å². The lowest BCUT2D eigenvalue weighted by atomic mass is 10.3. The Morgan fingerprint density at radius 1 is 1.33 bits per heavy atom. The van der Waals surface area contributed by atoms with Crippen LogP contribution in [0.5, 0.6) is 0 Å². The highest BCUT2D eigenvalue weighted by Crippen LogP contribution is 2.05. The molecule has 0 aromatic carbocycles. The van der Waals surface area contributed by atoms with Gasteiger partial charge < -0.3 is 20.6 Å². The minimum absolute atomic E-state index is 0.139. The summed E-state index contributed by atoms with van der Waals surface area (Å²) >= 11 is 0. The van der Waals surface area contributed by atoms with Gasteiger partial charge in [-0.05, 0) is 13.8 Å². The van der Waals surface area contributed by atoms with Crippen molar-refractivity contribution in [3.05, 3.63) is 12.7 Å². The highest BCUT2D eigenvalue weighted by molar-refractivity contribution is 5.86. The molecule has 7 heteroatoms. The van der Waals surface area contributed by atoms with E-state index in [1.807, 2.05) is 0 Å². The zero-order chi connectivity index (χ0) is 14.3. The molecule has 0 unspecified atom stereocenters. The summed E-state index contributed by atoms with van der Waals surface area (Å²) in [5.41, 5.74) is 4.99. The number of carboxylic acid groups (broad SMARTS) is 1. The lowest BCUT2D eigenvalue weighted by Crippen LogP contribution is -2.50. The van der Waals surface area contributed by atoms with Crippen LogP contribution < -0.4 is 5.73 Å². The molecule has 0 saturated heterocycles. The van der Waals surface area contributed by atoms with Crippen molar-refractivity contribution in [2.45, 2.75) is 19.9 Å². The molecule has 0 aliphatic rings. The van der Waals surface area contributed by atoms with E-state index in [0.29, 0.717) is 0 Å². The Balaban J connectivity index is 4.94. The minimum atomic E-state index is -1.20. The average Bonchev–Trinajstić information content (AvgIpc) is 2.22. The van der Waals surface area contributed by atoms with Gasteiger partial charge in [-0.25, -0.2) is 4.79 Å². The van der Waals surface area contributed by atoms with Crippen molar-refractivity contribution >= 4 is 17.9 Å². The van der Waals surface area contributed by atoms with Gasteiger partial charge in [0.1, 0.15) is 13.1 Å². The van der Waals surface area contributed by atoms with E-state index in [9.17, 15) is 14.4 Å². The first kappa shape index (κ1) is 16.0. The number of rotatable bonds is 7. The Kier molecular flexibility index (Phi) is 6.48. The quantitative estimate of drug-likeness (QED) is 0.620. The summed E-state index contributed by atoms with van der Waals surface area (Å²) < 4.78 is 0. The second-order valence-electron chi connectivity index (χ2n) is 4.03. The summed E-state index contributed by atoms with van der Waals surface area (Å²) in [5.74, 6) is -1.96. The fourth-order valence-electron chi connectivity index (χ4n) is 1.37. The smallest absolute Gasteiger partial charge is 0.323 e. The molecule has 0 aliphatic carbocycles. The molecule has 3 N–H and O–H groups in total. The second kappa shape index (κ2) is 7.31. The number of aliphatic carboxylic acids is 1. The van der Waals surface area contributed by atoms with Gasteiger partial charge in [0.05, 0.1) is 0 Å². The van der Waals surface area contributed by atoms with E-state index in [1.54, 1.807) is 13.8 Å². The minimum Gasteiger partial charge on any atom is -0.480 e. The molecule has 102 valence electrons. The van der Waals surface area contributed by atoms with Gasteiger partial charge in [0.2, 0.25) is 5.91 Å². The fourth-order valence-corrected chi connectivity index (χ4v) is 1.37. The molecule has 0 aromatic heterocycles. The Morgan fingerprint density at radius 3 is 2.22 bits per heavy atom. The number of amides is 3. The van der Waals surface area contributed by atoms with E-state index in [0.717, 1.165) is 4.90 Å². The van der Waals surface area contributed by atoms with E-state index < -0.39 is 31.0 Å². The van der Waals surface area contributed by atoms with Gasteiger partial charge in [0.25, 0.3) is 0 Å². The highest BCUT2D eigenvalue weighted by atomic mass is 16.4. The van der Waals surface area contributed by atoms with E-state index in [-0.39, 0.29) is 12.6 Å². The Labute approximate surface area is 106 Å². The molecule has 0 saturated carbocycles. The van der Waals surface area contributed by atoms with Gasteiger partial charge in [-0.3, -0.25) is 9.59 Å². The van der Waals surface area contributed by atoms with Crippen LogP contribution in [0.4, 0.5) is 4.79 Å². The normalized spacial score (nSPS) is 9.94. The molecular formula is C11H19N3O4. The third-order valence-corrected chi connectivity index (χ3v) is 2.14. The van der Waals surface area contributed by atoms with Crippen LogP contribution in [0.3, 0.4) is 0 Å².